The van der Waals surface area contributed by atoms with Gasteiger partial charge in [0.2, 0.25) is 0 Å². The fraction of sp³-hybridized carbons (Fsp3) is 0.556. The third kappa shape index (κ3) is 4.09. The summed E-state index contributed by atoms with van der Waals surface area (Å²) in [5, 5.41) is 0. The summed E-state index contributed by atoms with van der Waals surface area (Å²) in [7, 11) is 0. The maximum atomic E-state index is 11.3. The number of carbonyl (C=O) groups excluding carboxylic acids is 1. The highest BCUT2D eigenvalue weighted by molar-refractivity contribution is 5.75. The van der Waals surface area contributed by atoms with Crippen molar-refractivity contribution in [2.45, 2.75) is 18.9 Å². The minimum absolute atomic E-state index is 0.325. The second-order valence-corrected chi connectivity index (χ2v) is 3.20. The first-order valence-electron chi connectivity index (χ1n) is 4.83. The van der Waals surface area contributed by atoms with Crippen LogP contribution in [0.4, 0.5) is 0 Å². The number of ether oxygens (including phenoxy) is 1. The fourth-order valence-corrected chi connectivity index (χ4v) is 1.08. The van der Waals surface area contributed by atoms with Crippen LogP contribution in [-0.4, -0.2) is 35.1 Å². The highest BCUT2D eigenvalue weighted by atomic mass is 16.5. The van der Waals surface area contributed by atoms with Crippen LogP contribution in [0.1, 0.15) is 12.1 Å². The van der Waals surface area contributed by atoms with Crippen LogP contribution in [0, 0.1) is 0 Å². The highest BCUT2D eigenvalue weighted by Gasteiger charge is 2.15. The summed E-state index contributed by atoms with van der Waals surface area (Å²) in [5.41, 5.74) is 11.7. The molecule has 1 rings (SSSR count). The Morgan fingerprint density at radius 2 is 2.47 bits per heavy atom. The number of H-pyrrole nitrogens is 1. The van der Waals surface area contributed by atoms with Gasteiger partial charge in [0, 0.05) is 18.3 Å². The Balaban J connectivity index is 2.27. The molecule has 1 aromatic rings. The van der Waals surface area contributed by atoms with Crippen molar-refractivity contribution < 1.29 is 9.53 Å². The Kier molecular flexibility index (Phi) is 4.79. The number of carbonyl (C=O) groups is 1. The Bertz CT molecular complexity index is 286. The van der Waals surface area contributed by atoms with E-state index in [0.29, 0.717) is 26.0 Å². The lowest BCUT2D eigenvalue weighted by Crippen LogP contribution is -2.34. The number of aromatic nitrogens is 2. The van der Waals surface area contributed by atoms with Gasteiger partial charge in [-0.05, 0) is 13.0 Å². The minimum Gasteiger partial charge on any atom is -0.464 e. The number of nitrogens with one attached hydrogen (secondary N) is 1. The number of hydrogen-bond donors (Lipinski definition) is 3. The molecule has 0 saturated heterocycles. The molecule has 5 N–H and O–H groups in total. The standard InChI is InChI=1S/C9H16N4O2/c10-2-1-3-15-9(14)8(11)4-7-5-12-6-13-7/h5-6,8H,1-4,10-11H2,(H,12,13)/t8-/m0/s1. The summed E-state index contributed by atoms with van der Waals surface area (Å²) < 4.78 is 4.91. The number of imidazole rings is 1. The van der Waals surface area contributed by atoms with E-state index >= 15 is 0 Å². The summed E-state index contributed by atoms with van der Waals surface area (Å²) in [6.07, 6.45) is 4.23. The Morgan fingerprint density at radius 3 is 3.07 bits per heavy atom. The average Bonchev–Trinajstić information content (AvgIpc) is 2.70. The Hall–Kier alpha value is -1.40. The van der Waals surface area contributed by atoms with Gasteiger partial charge in [0.15, 0.2) is 0 Å². The SMILES string of the molecule is NCCCOC(=O)[C@@H](N)Cc1cnc[nH]1. The lowest BCUT2D eigenvalue weighted by atomic mass is 10.2. The van der Waals surface area contributed by atoms with Crippen molar-refractivity contribution in [1.29, 1.82) is 0 Å². The van der Waals surface area contributed by atoms with E-state index in [-0.39, 0.29) is 0 Å². The Morgan fingerprint density at radius 1 is 1.67 bits per heavy atom. The van der Waals surface area contributed by atoms with E-state index in [9.17, 15) is 4.79 Å². The summed E-state index contributed by atoms with van der Waals surface area (Å²) in [6.45, 7) is 0.828. The molecule has 0 aliphatic rings. The molecular formula is C9H16N4O2. The van der Waals surface area contributed by atoms with Gasteiger partial charge >= 0.3 is 5.97 Å². The van der Waals surface area contributed by atoms with E-state index in [1.54, 1.807) is 12.5 Å². The van der Waals surface area contributed by atoms with Gasteiger partial charge < -0.3 is 21.2 Å². The number of hydrogen-bond acceptors (Lipinski definition) is 5. The lowest BCUT2D eigenvalue weighted by molar-refractivity contribution is -0.145. The molecule has 0 aliphatic carbocycles. The summed E-state index contributed by atoms with van der Waals surface area (Å²) in [6, 6.07) is -0.650. The van der Waals surface area contributed by atoms with Crippen LogP contribution in [0.2, 0.25) is 0 Å². The maximum absolute atomic E-state index is 11.3. The van der Waals surface area contributed by atoms with Crippen molar-refractivity contribution in [2.24, 2.45) is 11.5 Å². The molecule has 0 aromatic carbocycles. The highest BCUT2D eigenvalue weighted by Crippen LogP contribution is 1.98. The molecule has 84 valence electrons. The van der Waals surface area contributed by atoms with E-state index in [4.69, 9.17) is 16.2 Å². The third-order valence-corrected chi connectivity index (χ3v) is 1.89. The molecule has 1 heterocycles. The first kappa shape index (κ1) is 11.7. The van der Waals surface area contributed by atoms with Crippen LogP contribution in [0.5, 0.6) is 0 Å². The molecule has 0 aliphatic heterocycles. The number of nitrogens with two attached hydrogens (primary N) is 2. The van der Waals surface area contributed by atoms with E-state index in [2.05, 4.69) is 9.97 Å². The normalized spacial score (nSPS) is 12.4. The van der Waals surface area contributed by atoms with Gasteiger partial charge in [-0.25, -0.2) is 4.98 Å². The maximum Gasteiger partial charge on any atom is 0.323 e. The first-order chi connectivity index (χ1) is 7.24. The quantitative estimate of drug-likeness (QED) is 0.421. The predicted octanol–water partition coefficient (Wildman–Crippen LogP) is -0.828. The van der Waals surface area contributed by atoms with E-state index in [1.807, 2.05) is 0 Å². The zero-order valence-electron chi connectivity index (χ0n) is 8.48. The van der Waals surface area contributed by atoms with Crippen LogP contribution in [-0.2, 0) is 16.0 Å². The predicted molar refractivity (Wildman–Crippen MR) is 54.9 cm³/mol. The molecule has 6 nitrogen and oxygen atoms in total. The van der Waals surface area contributed by atoms with E-state index in [1.165, 1.54) is 0 Å². The van der Waals surface area contributed by atoms with E-state index in [0.717, 1.165) is 5.69 Å². The second-order valence-electron chi connectivity index (χ2n) is 3.20. The molecule has 0 amide bonds. The topological polar surface area (TPSA) is 107 Å². The number of nitrogens with zero attached hydrogens (tertiary/aromatic N) is 1. The molecule has 0 radical (unpaired) electrons. The lowest BCUT2D eigenvalue weighted by Gasteiger charge is -2.09. The third-order valence-electron chi connectivity index (χ3n) is 1.89. The molecule has 15 heavy (non-hydrogen) atoms. The zero-order valence-corrected chi connectivity index (χ0v) is 8.48. The van der Waals surface area contributed by atoms with Gasteiger partial charge in [-0.15, -0.1) is 0 Å². The number of aromatic amines is 1. The van der Waals surface area contributed by atoms with Crippen molar-refractivity contribution in [3.63, 3.8) is 0 Å². The molecule has 1 aromatic heterocycles. The average molecular weight is 212 g/mol. The summed E-state index contributed by atoms with van der Waals surface area (Å²) >= 11 is 0. The monoisotopic (exact) mass is 212 g/mol. The van der Waals surface area contributed by atoms with Crippen molar-refractivity contribution in [3.8, 4) is 0 Å². The van der Waals surface area contributed by atoms with E-state index < -0.39 is 12.0 Å². The van der Waals surface area contributed by atoms with Gasteiger partial charge in [0.1, 0.15) is 6.04 Å². The van der Waals surface area contributed by atoms with Crippen LogP contribution in [0.15, 0.2) is 12.5 Å². The fourth-order valence-electron chi connectivity index (χ4n) is 1.08. The van der Waals surface area contributed by atoms with Crippen LogP contribution in [0.3, 0.4) is 0 Å². The number of esters is 1. The number of rotatable bonds is 6. The molecule has 0 unspecified atom stereocenters. The van der Waals surface area contributed by atoms with Crippen LogP contribution < -0.4 is 11.5 Å². The van der Waals surface area contributed by atoms with Gasteiger partial charge in [-0.2, -0.15) is 0 Å². The molecule has 1 atom stereocenters. The summed E-state index contributed by atoms with van der Waals surface area (Å²) in [5.74, 6) is -0.405. The molecule has 0 spiro atoms. The van der Waals surface area contributed by atoms with Crippen molar-refractivity contribution >= 4 is 5.97 Å². The largest absolute Gasteiger partial charge is 0.464 e. The van der Waals surface area contributed by atoms with Crippen molar-refractivity contribution in [1.82, 2.24) is 9.97 Å². The molecule has 0 saturated carbocycles. The molecule has 6 heteroatoms. The zero-order chi connectivity index (χ0) is 11.1. The van der Waals surface area contributed by atoms with Crippen LogP contribution in [0.25, 0.3) is 0 Å². The van der Waals surface area contributed by atoms with Crippen molar-refractivity contribution in [2.75, 3.05) is 13.2 Å². The minimum atomic E-state index is -0.650. The van der Waals surface area contributed by atoms with Gasteiger partial charge in [0.25, 0.3) is 0 Å². The molecular weight excluding hydrogens is 196 g/mol. The van der Waals surface area contributed by atoms with Crippen molar-refractivity contribution in [3.05, 3.63) is 18.2 Å². The molecule has 0 bridgehead atoms. The van der Waals surface area contributed by atoms with Gasteiger partial charge in [-0.1, -0.05) is 0 Å². The first-order valence-corrected chi connectivity index (χ1v) is 4.83. The van der Waals surface area contributed by atoms with Crippen LogP contribution >= 0.6 is 0 Å². The van der Waals surface area contributed by atoms with Gasteiger partial charge in [0.05, 0.1) is 12.9 Å². The second kappa shape index (κ2) is 6.15. The summed E-state index contributed by atoms with van der Waals surface area (Å²) in [4.78, 5) is 18.0. The smallest absolute Gasteiger partial charge is 0.323 e. The van der Waals surface area contributed by atoms with Gasteiger partial charge in [-0.3, -0.25) is 4.79 Å². The molecule has 0 fully saturated rings. The Labute approximate surface area is 88.0 Å².